The highest BCUT2D eigenvalue weighted by Crippen LogP contribution is 2.15. The molecule has 0 aromatic rings. The summed E-state index contributed by atoms with van der Waals surface area (Å²) in [4.78, 5) is 3.95. The largest absolute Gasteiger partial charge is 0.290 e. The molecule has 80 valence electrons. The molecule has 0 saturated heterocycles. The van der Waals surface area contributed by atoms with Gasteiger partial charge in [0.15, 0.2) is 0 Å². The summed E-state index contributed by atoms with van der Waals surface area (Å²) >= 11 is 0. The maximum absolute atomic E-state index is 13.5. The van der Waals surface area contributed by atoms with Gasteiger partial charge < -0.3 is 0 Å². The Kier molecular flexibility index (Phi) is 5.36. The summed E-state index contributed by atoms with van der Waals surface area (Å²) in [6.07, 6.45) is 5.52. The highest BCUT2D eigenvalue weighted by molar-refractivity contribution is 6.01. The van der Waals surface area contributed by atoms with Gasteiger partial charge in [-0.15, -0.1) is 6.58 Å². The van der Waals surface area contributed by atoms with E-state index < -0.39 is 5.67 Å². The second-order valence-corrected chi connectivity index (χ2v) is 3.90. The van der Waals surface area contributed by atoms with Crippen molar-refractivity contribution >= 4 is 5.71 Å². The van der Waals surface area contributed by atoms with Crippen LogP contribution in [0.25, 0.3) is 0 Å². The minimum absolute atomic E-state index is 0.499. The van der Waals surface area contributed by atoms with Gasteiger partial charge in [0.2, 0.25) is 0 Å². The monoisotopic (exact) mass is 197 g/mol. The van der Waals surface area contributed by atoms with Crippen LogP contribution >= 0.6 is 0 Å². The third kappa shape index (κ3) is 4.95. The number of rotatable bonds is 5. The van der Waals surface area contributed by atoms with Crippen molar-refractivity contribution in [2.75, 3.05) is 7.05 Å². The predicted molar refractivity (Wildman–Crippen MR) is 61.7 cm³/mol. The van der Waals surface area contributed by atoms with Gasteiger partial charge >= 0.3 is 0 Å². The van der Waals surface area contributed by atoms with Crippen LogP contribution in [0.5, 0.6) is 0 Å². The van der Waals surface area contributed by atoms with Crippen LogP contribution in [0.2, 0.25) is 0 Å². The van der Waals surface area contributed by atoms with E-state index >= 15 is 0 Å². The van der Waals surface area contributed by atoms with Crippen molar-refractivity contribution in [3.05, 3.63) is 24.3 Å². The van der Waals surface area contributed by atoms with E-state index in [4.69, 9.17) is 0 Å². The molecule has 0 heterocycles. The zero-order valence-electron chi connectivity index (χ0n) is 9.60. The molecular weight excluding hydrogens is 177 g/mol. The van der Waals surface area contributed by atoms with E-state index in [1.807, 2.05) is 19.1 Å². The van der Waals surface area contributed by atoms with Crippen LogP contribution in [0, 0.1) is 0 Å². The van der Waals surface area contributed by atoms with Crippen LogP contribution in [-0.2, 0) is 0 Å². The lowest BCUT2D eigenvalue weighted by Gasteiger charge is -2.14. The lowest BCUT2D eigenvalue weighted by molar-refractivity contribution is 0.314. The van der Waals surface area contributed by atoms with Crippen LogP contribution < -0.4 is 0 Å². The lowest BCUT2D eigenvalue weighted by Crippen LogP contribution is -2.24. The van der Waals surface area contributed by atoms with Gasteiger partial charge in [-0.1, -0.05) is 11.6 Å². The summed E-state index contributed by atoms with van der Waals surface area (Å²) in [6, 6.07) is 0. The average molecular weight is 197 g/mol. The third-order valence-corrected chi connectivity index (χ3v) is 1.98. The summed E-state index contributed by atoms with van der Waals surface area (Å²) in [7, 11) is 1.62. The molecule has 0 unspecified atom stereocenters. The van der Waals surface area contributed by atoms with E-state index in [0.29, 0.717) is 5.71 Å². The maximum atomic E-state index is 13.5. The topological polar surface area (TPSA) is 12.4 Å². The molecule has 0 spiro atoms. The fourth-order valence-corrected chi connectivity index (χ4v) is 1.14. The molecule has 0 rings (SSSR count). The Labute approximate surface area is 86.4 Å². The van der Waals surface area contributed by atoms with Gasteiger partial charge in [-0.25, -0.2) is 4.39 Å². The molecular formula is C12H20FN. The summed E-state index contributed by atoms with van der Waals surface area (Å²) in [5.41, 5.74) is 0.278. The van der Waals surface area contributed by atoms with Crippen LogP contribution in [0.3, 0.4) is 0 Å². The molecule has 0 radical (unpaired) electrons. The van der Waals surface area contributed by atoms with Crippen molar-refractivity contribution < 1.29 is 4.39 Å². The summed E-state index contributed by atoms with van der Waals surface area (Å²) in [5.74, 6) is 0. The fraction of sp³-hybridized carbons (Fsp3) is 0.583. The van der Waals surface area contributed by atoms with Crippen molar-refractivity contribution in [1.29, 1.82) is 0 Å². The van der Waals surface area contributed by atoms with E-state index in [1.165, 1.54) is 13.8 Å². The number of hydrogen-bond acceptors (Lipinski definition) is 1. The van der Waals surface area contributed by atoms with Crippen LogP contribution in [0.15, 0.2) is 29.3 Å². The minimum atomic E-state index is -1.36. The minimum Gasteiger partial charge on any atom is -0.290 e. The van der Waals surface area contributed by atoms with Crippen molar-refractivity contribution in [3.8, 4) is 0 Å². The lowest BCUT2D eigenvalue weighted by atomic mass is 10.0. The molecule has 2 heteroatoms. The highest BCUT2D eigenvalue weighted by Gasteiger charge is 2.21. The molecule has 0 atom stereocenters. The van der Waals surface area contributed by atoms with Gasteiger partial charge in [0, 0.05) is 7.05 Å². The van der Waals surface area contributed by atoms with E-state index in [2.05, 4.69) is 11.6 Å². The van der Waals surface area contributed by atoms with Crippen molar-refractivity contribution in [2.45, 2.75) is 39.3 Å². The second-order valence-electron chi connectivity index (χ2n) is 3.90. The van der Waals surface area contributed by atoms with Crippen molar-refractivity contribution in [3.63, 3.8) is 0 Å². The van der Waals surface area contributed by atoms with E-state index in [9.17, 15) is 4.39 Å². The average Bonchev–Trinajstić information content (AvgIpc) is 2.08. The second kappa shape index (κ2) is 5.74. The number of allylic oxidation sites excluding steroid dienone is 3. The number of alkyl halides is 1. The van der Waals surface area contributed by atoms with Gasteiger partial charge in [-0.3, -0.25) is 4.99 Å². The number of nitrogens with zero attached hydrogens (tertiary/aromatic N) is 1. The molecule has 1 nitrogen and oxygen atoms in total. The molecule has 0 aromatic carbocycles. The molecule has 0 aliphatic rings. The van der Waals surface area contributed by atoms with Gasteiger partial charge in [-0.2, -0.15) is 0 Å². The fourth-order valence-electron chi connectivity index (χ4n) is 1.14. The third-order valence-electron chi connectivity index (χ3n) is 1.98. The van der Waals surface area contributed by atoms with Crippen LogP contribution in [0.4, 0.5) is 4.39 Å². The van der Waals surface area contributed by atoms with Gasteiger partial charge in [-0.05, 0) is 39.7 Å². The van der Waals surface area contributed by atoms with Crippen LogP contribution in [0.1, 0.15) is 33.6 Å². The molecule has 0 bridgehead atoms. The first-order chi connectivity index (χ1) is 6.41. The first-order valence-electron chi connectivity index (χ1n) is 4.86. The Balaban J connectivity index is 4.52. The van der Waals surface area contributed by atoms with Crippen molar-refractivity contribution in [2.24, 2.45) is 4.99 Å². The van der Waals surface area contributed by atoms with Gasteiger partial charge in [0.05, 0.1) is 5.71 Å². The summed E-state index contributed by atoms with van der Waals surface area (Å²) in [6.45, 7) is 8.68. The normalized spacial score (nSPS) is 14.4. The SMILES string of the molecule is C=CCC/C(C)=C/C(=N\C)C(C)(C)F. The van der Waals surface area contributed by atoms with E-state index in [-0.39, 0.29) is 0 Å². The van der Waals surface area contributed by atoms with Crippen molar-refractivity contribution in [1.82, 2.24) is 0 Å². The van der Waals surface area contributed by atoms with Gasteiger partial charge in [0.1, 0.15) is 5.67 Å². The zero-order chi connectivity index (χ0) is 11.2. The Morgan fingerprint density at radius 2 is 2.07 bits per heavy atom. The number of hydrogen-bond donors (Lipinski definition) is 0. The van der Waals surface area contributed by atoms with E-state index in [0.717, 1.165) is 18.4 Å². The summed E-state index contributed by atoms with van der Waals surface area (Å²) < 4.78 is 13.5. The first kappa shape index (κ1) is 13.1. The maximum Gasteiger partial charge on any atom is 0.146 e. The number of aliphatic imine (C=N–C) groups is 1. The summed E-state index contributed by atoms with van der Waals surface area (Å²) in [5, 5.41) is 0. The Hall–Kier alpha value is -0.920. The highest BCUT2D eigenvalue weighted by atomic mass is 19.1. The molecule has 0 aromatic heterocycles. The molecule has 0 aliphatic carbocycles. The smallest absolute Gasteiger partial charge is 0.146 e. The van der Waals surface area contributed by atoms with E-state index in [1.54, 1.807) is 7.05 Å². The Morgan fingerprint density at radius 1 is 1.50 bits per heavy atom. The van der Waals surface area contributed by atoms with Gasteiger partial charge in [0.25, 0.3) is 0 Å². The molecule has 0 amide bonds. The molecule has 14 heavy (non-hydrogen) atoms. The molecule has 0 aliphatic heterocycles. The number of halogens is 1. The Bertz CT molecular complexity index is 244. The zero-order valence-corrected chi connectivity index (χ0v) is 9.60. The molecule has 0 saturated carbocycles. The Morgan fingerprint density at radius 3 is 2.43 bits per heavy atom. The van der Waals surface area contributed by atoms with Crippen LogP contribution in [-0.4, -0.2) is 18.4 Å². The standard InChI is InChI=1S/C12H20FN/c1-6-7-8-10(2)9-11(14-5)12(3,4)13/h6,9H,1,7-8H2,2-5H3/b10-9+,14-11+. The predicted octanol–water partition coefficient (Wildman–Crippen LogP) is 3.72. The molecule has 0 fully saturated rings. The molecule has 0 N–H and O–H groups in total. The first-order valence-corrected chi connectivity index (χ1v) is 4.86. The quantitative estimate of drug-likeness (QED) is 0.470.